The summed E-state index contributed by atoms with van der Waals surface area (Å²) in [5.41, 5.74) is 9.06. The van der Waals surface area contributed by atoms with Gasteiger partial charge in [0.25, 0.3) is 0 Å². The molecule has 0 fully saturated rings. The fraction of sp³-hybridized carbons (Fsp3) is 0. The molecule has 1 nitrogen and oxygen atoms in total. The van der Waals surface area contributed by atoms with Crippen molar-refractivity contribution >= 4 is 49.4 Å². The van der Waals surface area contributed by atoms with E-state index < -0.39 is 0 Å². The third-order valence-electron chi connectivity index (χ3n) is 10.5. The molecule has 10 rings (SSSR count). The van der Waals surface area contributed by atoms with Gasteiger partial charge in [-0.1, -0.05) is 182 Å². The van der Waals surface area contributed by atoms with Crippen LogP contribution < -0.4 is 4.90 Å². The van der Waals surface area contributed by atoms with Crippen LogP contribution in [-0.4, -0.2) is 0 Å². The molecular formula is C54H37N. The van der Waals surface area contributed by atoms with E-state index in [-0.39, 0.29) is 35.4 Å². The van der Waals surface area contributed by atoms with E-state index in [0.717, 1.165) is 50.1 Å². The van der Waals surface area contributed by atoms with Gasteiger partial charge in [0.15, 0.2) is 0 Å². The van der Waals surface area contributed by atoms with Crippen LogP contribution >= 0.6 is 0 Å². The van der Waals surface area contributed by atoms with E-state index in [1.165, 1.54) is 26.9 Å². The summed E-state index contributed by atoms with van der Waals surface area (Å²) >= 11 is 0. The molecule has 0 heterocycles. The van der Waals surface area contributed by atoms with Crippen molar-refractivity contribution in [1.82, 2.24) is 0 Å². The van der Waals surface area contributed by atoms with Crippen LogP contribution in [0.5, 0.6) is 0 Å². The number of hydrogen-bond donors (Lipinski definition) is 0. The molecule has 258 valence electrons. The molecule has 55 heavy (non-hydrogen) atoms. The third-order valence-corrected chi connectivity index (χ3v) is 10.5. The summed E-state index contributed by atoms with van der Waals surface area (Å²) in [6.07, 6.45) is 0. The molecule has 0 amide bonds. The zero-order valence-electron chi connectivity index (χ0n) is 34.0. The van der Waals surface area contributed by atoms with Crippen molar-refractivity contribution < 1.29 is 5.48 Å². The summed E-state index contributed by atoms with van der Waals surface area (Å²) in [4.78, 5) is 1.86. The molecule has 10 aromatic carbocycles. The first kappa shape index (κ1) is 28.3. The molecule has 10 aromatic rings. The summed E-state index contributed by atoms with van der Waals surface area (Å²) < 4.78 is 37.2. The Kier molecular flexibility index (Phi) is 7.19. The average molecular weight is 704 g/mol. The Bertz CT molecular complexity index is 3150. The van der Waals surface area contributed by atoms with E-state index in [1.807, 2.05) is 65.6 Å². The highest BCUT2D eigenvalue weighted by Gasteiger charge is 2.16. The molecule has 0 aliphatic rings. The van der Waals surface area contributed by atoms with Gasteiger partial charge in [0.05, 0.1) is 5.48 Å². The molecular weight excluding hydrogens is 663 g/mol. The van der Waals surface area contributed by atoms with Crippen LogP contribution in [0.2, 0.25) is 0 Å². The lowest BCUT2D eigenvalue weighted by Crippen LogP contribution is -2.09. The van der Waals surface area contributed by atoms with Crippen LogP contribution in [0.3, 0.4) is 0 Å². The van der Waals surface area contributed by atoms with Crippen LogP contribution in [0, 0.1) is 0 Å². The second-order valence-corrected chi connectivity index (χ2v) is 13.8. The number of hydrogen-bond acceptors (Lipinski definition) is 1. The average Bonchev–Trinajstić information content (AvgIpc) is 3.30. The molecule has 0 aliphatic heterocycles. The van der Waals surface area contributed by atoms with Crippen molar-refractivity contribution in [3.05, 3.63) is 224 Å². The van der Waals surface area contributed by atoms with Gasteiger partial charge < -0.3 is 4.90 Å². The van der Waals surface area contributed by atoms with Gasteiger partial charge in [0.2, 0.25) is 0 Å². The molecule has 0 aliphatic carbocycles. The molecule has 0 unspecified atom stereocenters. The lowest BCUT2D eigenvalue weighted by Gasteiger charge is -2.26. The molecule has 0 saturated carbocycles. The van der Waals surface area contributed by atoms with Crippen LogP contribution in [0.1, 0.15) is 5.48 Å². The maximum absolute atomic E-state index is 9.41. The van der Waals surface area contributed by atoms with Gasteiger partial charge in [-0.15, -0.1) is 0 Å². The summed E-state index contributed by atoms with van der Waals surface area (Å²) in [7, 11) is 0. The number of benzene rings is 10. The predicted molar refractivity (Wildman–Crippen MR) is 235 cm³/mol. The van der Waals surface area contributed by atoms with Crippen molar-refractivity contribution in [2.75, 3.05) is 4.90 Å². The van der Waals surface area contributed by atoms with Gasteiger partial charge in [0, 0.05) is 17.1 Å². The minimum atomic E-state index is -0.111. The van der Waals surface area contributed by atoms with Crippen LogP contribution in [-0.2, 0) is 0 Å². The van der Waals surface area contributed by atoms with Gasteiger partial charge >= 0.3 is 0 Å². The third kappa shape index (κ3) is 6.12. The Morgan fingerprint density at radius 1 is 0.291 bits per heavy atom. The first-order valence-corrected chi connectivity index (χ1v) is 18.6. The maximum atomic E-state index is 9.41. The van der Waals surface area contributed by atoms with Crippen LogP contribution in [0.25, 0.3) is 76.8 Å². The zero-order chi connectivity index (χ0) is 40.0. The molecule has 0 spiro atoms. The summed E-state index contributed by atoms with van der Waals surface area (Å²) in [5, 5.41) is 7.15. The van der Waals surface area contributed by atoms with E-state index in [9.17, 15) is 5.48 Å². The number of fused-ring (bicyclic) bond motifs is 4. The minimum Gasteiger partial charge on any atom is -0.311 e. The minimum absolute atomic E-state index is 0.0854. The first-order valence-electron chi connectivity index (χ1n) is 20.6. The highest BCUT2D eigenvalue weighted by atomic mass is 15.1. The Morgan fingerprint density at radius 2 is 0.782 bits per heavy atom. The predicted octanol–water partition coefficient (Wildman–Crippen LogP) is 15.3. The Morgan fingerprint density at radius 3 is 1.47 bits per heavy atom. The molecule has 0 bridgehead atoms. The molecule has 0 N–H and O–H groups in total. The lowest BCUT2D eigenvalue weighted by atomic mass is 9.90. The molecule has 0 atom stereocenters. The first-order chi connectivity index (χ1) is 28.9. The van der Waals surface area contributed by atoms with Gasteiger partial charge in [0.1, 0.15) is 0 Å². The van der Waals surface area contributed by atoms with Crippen molar-refractivity contribution in [2.24, 2.45) is 0 Å². The summed E-state index contributed by atoms with van der Waals surface area (Å²) in [6.45, 7) is 0. The second kappa shape index (κ2) is 14.0. The molecule has 0 radical (unpaired) electrons. The number of anilines is 3. The molecule has 0 saturated heterocycles. The van der Waals surface area contributed by atoms with Gasteiger partial charge in [-0.2, -0.15) is 0 Å². The second-order valence-electron chi connectivity index (χ2n) is 13.8. The van der Waals surface area contributed by atoms with Gasteiger partial charge in [-0.05, 0) is 119 Å². The lowest BCUT2D eigenvalue weighted by molar-refractivity contribution is 1.28. The van der Waals surface area contributed by atoms with E-state index in [1.54, 1.807) is 0 Å². The van der Waals surface area contributed by atoms with E-state index in [4.69, 9.17) is 0 Å². The van der Waals surface area contributed by atoms with E-state index >= 15 is 0 Å². The van der Waals surface area contributed by atoms with Crippen LogP contribution in [0.15, 0.2) is 224 Å². The van der Waals surface area contributed by atoms with E-state index in [2.05, 4.69) is 140 Å². The largest absolute Gasteiger partial charge is 0.311 e. The molecule has 1 heteroatoms. The summed E-state index contributed by atoms with van der Waals surface area (Å²) in [6, 6.07) is 67.7. The van der Waals surface area contributed by atoms with Crippen molar-refractivity contribution in [3.8, 4) is 44.5 Å². The van der Waals surface area contributed by atoms with Gasteiger partial charge in [-0.25, -0.2) is 0 Å². The van der Waals surface area contributed by atoms with Crippen molar-refractivity contribution in [1.29, 1.82) is 0 Å². The monoisotopic (exact) mass is 703 g/mol. The zero-order valence-corrected chi connectivity index (χ0v) is 30.0. The van der Waals surface area contributed by atoms with Crippen molar-refractivity contribution in [2.45, 2.75) is 0 Å². The van der Waals surface area contributed by atoms with Crippen molar-refractivity contribution in [3.63, 3.8) is 0 Å². The molecule has 0 aromatic heterocycles. The SMILES string of the molecule is [2H]c1c([2H])c(N(c2ccc(-c3ccc4c(ccc5ccccc54)c3)cc2)c2ccc(-c3ccc4ccccc4c3-c3ccccc3)cc2)c([2H])c([2H])c1-c1ccccc1. The van der Waals surface area contributed by atoms with Crippen LogP contribution in [0.4, 0.5) is 17.1 Å². The standard InChI is InChI=1S/C54H37N/c1-3-11-38(12-4-1)39-21-29-47(30-22-39)55(48-31-23-40(24-32-48)45-28-35-51-46(37-45)20-19-41-13-7-9-17-50(41)51)49-33-25-43(26-34-49)53-36-27-42-14-8-10-18-52(42)54(53)44-15-5-2-6-16-44/h1-37H/i21D,22D,29D,30D. The summed E-state index contributed by atoms with van der Waals surface area (Å²) in [5.74, 6) is 0. The Labute approximate surface area is 327 Å². The number of nitrogens with zero attached hydrogens (tertiary/aromatic N) is 1. The quantitative estimate of drug-likeness (QED) is 0.149. The highest BCUT2D eigenvalue weighted by Crippen LogP contribution is 2.41. The van der Waals surface area contributed by atoms with Gasteiger partial charge in [-0.3, -0.25) is 0 Å². The fourth-order valence-electron chi connectivity index (χ4n) is 7.79. The van der Waals surface area contributed by atoms with E-state index in [0.29, 0.717) is 5.56 Å². The normalized spacial score (nSPS) is 12.3. The smallest absolute Gasteiger partial charge is 0.0645 e. The maximum Gasteiger partial charge on any atom is 0.0645 e. The topological polar surface area (TPSA) is 3.24 Å². The fourth-order valence-corrected chi connectivity index (χ4v) is 7.79. The highest BCUT2D eigenvalue weighted by molar-refractivity contribution is 6.08. The Hall–Kier alpha value is -7.22. The number of rotatable bonds is 7. The Balaban J connectivity index is 1.11.